The summed E-state index contributed by atoms with van der Waals surface area (Å²) in [5.41, 5.74) is 7.10. The number of hydrogen-bond donors (Lipinski definition) is 2. The van der Waals surface area contributed by atoms with Crippen LogP contribution in [0.25, 0.3) is 0 Å². The van der Waals surface area contributed by atoms with E-state index in [0.29, 0.717) is 24.7 Å². The average molecular weight is 312 g/mol. The maximum Gasteiger partial charge on any atom is 0.228 e. The molecule has 1 amide bonds. The van der Waals surface area contributed by atoms with Gasteiger partial charge in [-0.15, -0.1) is 11.8 Å². The fourth-order valence-electron chi connectivity index (χ4n) is 1.47. The van der Waals surface area contributed by atoms with E-state index in [1.165, 1.54) is 11.8 Å². The molecule has 8 heteroatoms. The van der Waals surface area contributed by atoms with Crippen LogP contribution in [0.15, 0.2) is 23.4 Å². The summed E-state index contributed by atoms with van der Waals surface area (Å²) in [6, 6.07) is 3.50. The Labute approximate surface area is 128 Å². The van der Waals surface area contributed by atoms with E-state index in [-0.39, 0.29) is 12.3 Å². The van der Waals surface area contributed by atoms with Gasteiger partial charge < -0.3 is 14.8 Å². The number of amides is 1. The Balaban J connectivity index is 2.43. The van der Waals surface area contributed by atoms with Crippen molar-refractivity contribution in [1.29, 1.82) is 5.53 Å². The van der Waals surface area contributed by atoms with Crippen molar-refractivity contribution >= 4 is 17.7 Å². The van der Waals surface area contributed by atoms with Gasteiger partial charge in [-0.1, -0.05) is 6.92 Å². The molecule has 116 valence electrons. The third-order valence-corrected chi connectivity index (χ3v) is 3.29. The summed E-state index contributed by atoms with van der Waals surface area (Å²) in [5, 5.41) is 6.00. The largest absolute Gasteiger partial charge is 0.490 e. The Hall–Kier alpha value is -1.67. The van der Waals surface area contributed by atoms with Gasteiger partial charge in [-0.05, 0) is 17.9 Å². The fraction of sp³-hybridized carbons (Fsp3) is 0.538. The van der Waals surface area contributed by atoms with Crippen molar-refractivity contribution in [3.63, 3.8) is 0 Å². The number of carbonyl (C=O) groups is 1. The summed E-state index contributed by atoms with van der Waals surface area (Å²) >= 11 is 1.39. The van der Waals surface area contributed by atoms with Crippen molar-refractivity contribution in [3.8, 4) is 5.75 Å². The van der Waals surface area contributed by atoms with Crippen molar-refractivity contribution in [1.82, 2.24) is 10.3 Å². The van der Waals surface area contributed by atoms with E-state index in [1.807, 2.05) is 6.92 Å². The van der Waals surface area contributed by atoms with Crippen LogP contribution >= 0.6 is 11.8 Å². The summed E-state index contributed by atoms with van der Waals surface area (Å²) in [6.07, 6.45) is 1.72. The molecule has 1 atom stereocenters. The maximum atomic E-state index is 11.8. The van der Waals surface area contributed by atoms with E-state index in [1.54, 1.807) is 25.4 Å². The first kappa shape index (κ1) is 17.4. The van der Waals surface area contributed by atoms with E-state index in [0.717, 1.165) is 5.75 Å². The van der Waals surface area contributed by atoms with Crippen LogP contribution in [-0.4, -0.2) is 42.5 Å². The molecular formula is C13H20N4O3S. The third kappa shape index (κ3) is 7.05. The minimum atomic E-state index is -0.529. The number of ether oxygens (including phenoxy) is 2. The van der Waals surface area contributed by atoms with Crippen LogP contribution in [0.3, 0.4) is 0 Å². The highest BCUT2D eigenvalue weighted by Crippen LogP contribution is 2.11. The van der Waals surface area contributed by atoms with Crippen LogP contribution in [0.5, 0.6) is 5.75 Å². The quantitative estimate of drug-likeness (QED) is 0.390. The van der Waals surface area contributed by atoms with Gasteiger partial charge in [-0.2, -0.15) is 5.11 Å². The van der Waals surface area contributed by atoms with Crippen molar-refractivity contribution in [2.45, 2.75) is 18.8 Å². The normalized spacial score (nSPS) is 11.7. The van der Waals surface area contributed by atoms with E-state index in [2.05, 4.69) is 15.4 Å². The highest BCUT2D eigenvalue weighted by atomic mass is 32.2. The summed E-state index contributed by atoms with van der Waals surface area (Å²) in [7, 11) is 1.61. The number of nitrogens with one attached hydrogen (secondary N) is 2. The number of hydrogen-bond acceptors (Lipinski definition) is 7. The van der Waals surface area contributed by atoms with Crippen LogP contribution in [-0.2, 0) is 16.0 Å². The molecule has 1 rings (SSSR count). The minimum Gasteiger partial charge on any atom is -0.490 e. The topological polar surface area (TPSA) is 96.7 Å². The van der Waals surface area contributed by atoms with E-state index < -0.39 is 5.50 Å². The Morgan fingerprint density at radius 3 is 2.90 bits per heavy atom. The van der Waals surface area contributed by atoms with Crippen molar-refractivity contribution in [3.05, 3.63) is 24.0 Å². The molecule has 0 aliphatic rings. The number of carbonyl (C=O) groups excluding carboxylic acids is 1. The van der Waals surface area contributed by atoms with Crippen molar-refractivity contribution < 1.29 is 14.3 Å². The predicted molar refractivity (Wildman–Crippen MR) is 80.5 cm³/mol. The van der Waals surface area contributed by atoms with E-state index in [4.69, 9.17) is 15.0 Å². The molecule has 0 saturated heterocycles. The predicted octanol–water partition coefficient (Wildman–Crippen LogP) is 1.83. The molecule has 21 heavy (non-hydrogen) atoms. The molecule has 0 saturated carbocycles. The lowest BCUT2D eigenvalue weighted by Crippen LogP contribution is -2.32. The number of methoxy groups -OCH3 is 1. The summed E-state index contributed by atoms with van der Waals surface area (Å²) < 4.78 is 10.3. The Morgan fingerprint density at radius 1 is 1.52 bits per heavy atom. The Bertz CT molecular complexity index is 442. The first-order valence-electron chi connectivity index (χ1n) is 6.53. The van der Waals surface area contributed by atoms with E-state index >= 15 is 0 Å². The zero-order chi connectivity index (χ0) is 15.5. The number of nitrogens with zero attached hydrogens (tertiary/aromatic N) is 2. The third-order valence-electron chi connectivity index (χ3n) is 2.42. The first-order valence-corrected chi connectivity index (χ1v) is 7.58. The number of thioether (sulfide) groups is 1. The van der Waals surface area contributed by atoms with E-state index in [9.17, 15) is 4.79 Å². The molecule has 0 fully saturated rings. The lowest BCUT2D eigenvalue weighted by molar-refractivity contribution is -0.120. The number of aromatic nitrogens is 1. The molecule has 2 N–H and O–H groups in total. The first-order chi connectivity index (χ1) is 10.2. The van der Waals surface area contributed by atoms with Gasteiger partial charge in [0.1, 0.15) is 12.4 Å². The number of rotatable bonds is 10. The zero-order valence-electron chi connectivity index (χ0n) is 12.2. The molecule has 0 spiro atoms. The zero-order valence-corrected chi connectivity index (χ0v) is 13.0. The molecule has 1 aromatic rings. The molecule has 0 aromatic carbocycles. The number of pyridine rings is 1. The SMILES string of the molecule is CCSC(N=N)NC(=O)Cc1ccc(OCCOC)cn1. The minimum absolute atomic E-state index is 0.147. The van der Waals surface area contributed by atoms with Crippen molar-refractivity contribution in [2.24, 2.45) is 5.11 Å². The molecule has 1 aromatic heterocycles. The fourth-order valence-corrected chi connectivity index (χ4v) is 2.07. The molecular weight excluding hydrogens is 292 g/mol. The Kier molecular flexibility index (Phi) is 8.37. The van der Waals surface area contributed by atoms with Crippen LogP contribution < -0.4 is 10.1 Å². The van der Waals surface area contributed by atoms with Crippen molar-refractivity contribution in [2.75, 3.05) is 26.1 Å². The van der Waals surface area contributed by atoms with Crippen LogP contribution in [0, 0.1) is 5.53 Å². The molecule has 0 aliphatic carbocycles. The monoisotopic (exact) mass is 312 g/mol. The van der Waals surface area contributed by atoms with Gasteiger partial charge in [-0.3, -0.25) is 9.78 Å². The van der Waals surface area contributed by atoms with Gasteiger partial charge in [0.2, 0.25) is 5.91 Å². The second-order valence-electron chi connectivity index (χ2n) is 4.01. The highest BCUT2D eigenvalue weighted by molar-refractivity contribution is 7.99. The molecule has 1 heterocycles. The lowest BCUT2D eigenvalue weighted by Gasteiger charge is -2.11. The van der Waals surface area contributed by atoms with Crippen LogP contribution in [0.4, 0.5) is 0 Å². The molecule has 0 bridgehead atoms. The second kappa shape index (κ2) is 10.1. The van der Waals surface area contributed by atoms with Gasteiger partial charge in [0.25, 0.3) is 0 Å². The summed E-state index contributed by atoms with van der Waals surface area (Å²) in [6.45, 7) is 2.91. The Morgan fingerprint density at radius 2 is 2.33 bits per heavy atom. The second-order valence-corrected chi connectivity index (χ2v) is 5.36. The smallest absolute Gasteiger partial charge is 0.228 e. The molecule has 0 radical (unpaired) electrons. The summed E-state index contributed by atoms with van der Waals surface area (Å²) in [4.78, 5) is 16.0. The molecule has 0 aliphatic heterocycles. The van der Waals surface area contributed by atoms with Gasteiger partial charge in [0, 0.05) is 12.8 Å². The highest BCUT2D eigenvalue weighted by Gasteiger charge is 2.11. The van der Waals surface area contributed by atoms with Gasteiger partial charge >= 0.3 is 0 Å². The molecule has 7 nitrogen and oxygen atoms in total. The maximum absolute atomic E-state index is 11.8. The lowest BCUT2D eigenvalue weighted by atomic mass is 10.2. The van der Waals surface area contributed by atoms with Crippen LogP contribution in [0.2, 0.25) is 0 Å². The van der Waals surface area contributed by atoms with Crippen LogP contribution in [0.1, 0.15) is 12.6 Å². The average Bonchev–Trinajstić information content (AvgIpc) is 2.49. The van der Waals surface area contributed by atoms with Gasteiger partial charge in [-0.25, -0.2) is 5.53 Å². The summed E-state index contributed by atoms with van der Waals surface area (Å²) in [5.74, 6) is 1.20. The molecule has 1 unspecified atom stereocenters. The van der Waals surface area contributed by atoms with Gasteiger partial charge in [0.05, 0.1) is 19.2 Å². The van der Waals surface area contributed by atoms with Gasteiger partial charge in [0.15, 0.2) is 5.50 Å². The standard InChI is InChI=1S/C13H20N4O3S/c1-3-21-13(17-14)16-12(18)8-10-4-5-11(9-15-10)20-7-6-19-2/h4-5,9,13-14H,3,6-8H2,1-2H3,(H,16,18).